The van der Waals surface area contributed by atoms with Gasteiger partial charge in [-0.3, -0.25) is 4.90 Å². The van der Waals surface area contributed by atoms with Gasteiger partial charge in [0.15, 0.2) is 11.6 Å². The van der Waals surface area contributed by atoms with Crippen molar-refractivity contribution in [1.82, 2.24) is 19.8 Å². The lowest BCUT2D eigenvalue weighted by Gasteiger charge is -2.31. The molecule has 4 rings (SSSR count). The highest BCUT2D eigenvalue weighted by Crippen LogP contribution is 2.26. The van der Waals surface area contributed by atoms with Crippen molar-refractivity contribution in [2.75, 3.05) is 58.8 Å². The number of hydrogen-bond donors (Lipinski definition) is 3. The average molecular weight is 666 g/mol. The predicted molar refractivity (Wildman–Crippen MR) is 199 cm³/mol. The molecule has 4 N–H and O–H groups in total. The molecule has 0 atom stereocenters. The largest absolute Gasteiger partial charge is 0.496 e. The van der Waals surface area contributed by atoms with Crippen molar-refractivity contribution in [1.29, 1.82) is 5.41 Å². The van der Waals surface area contributed by atoms with Gasteiger partial charge in [-0.2, -0.15) is 0 Å². The van der Waals surface area contributed by atoms with Crippen LogP contribution in [0.3, 0.4) is 0 Å². The van der Waals surface area contributed by atoms with E-state index < -0.39 is 0 Å². The first-order valence-electron chi connectivity index (χ1n) is 16.5. The van der Waals surface area contributed by atoms with Crippen molar-refractivity contribution in [3.05, 3.63) is 112 Å². The SMILES string of the molecule is CC=CC/C(=C\C(C=N)=C(/C)N)Nc1nc(-c2ccc(-c3ccccc3)c(F)c2)nc(=C/C(=C/OCCN2CCN(C)CC2)OC)/c1=C\C. The van der Waals surface area contributed by atoms with Gasteiger partial charge in [-0.1, -0.05) is 60.7 Å². The monoisotopic (exact) mass is 665 g/mol. The number of rotatable bonds is 14. The normalized spacial score (nSPS) is 16.2. The van der Waals surface area contributed by atoms with E-state index in [2.05, 4.69) is 22.2 Å². The van der Waals surface area contributed by atoms with Gasteiger partial charge in [0.1, 0.15) is 24.5 Å². The lowest BCUT2D eigenvalue weighted by atomic mass is 10.0. The predicted octanol–water partition coefficient (Wildman–Crippen LogP) is 5.43. The van der Waals surface area contributed by atoms with Gasteiger partial charge in [0, 0.05) is 84.7 Å². The minimum Gasteiger partial charge on any atom is -0.496 e. The molecule has 10 heteroatoms. The third-order valence-electron chi connectivity index (χ3n) is 8.20. The Morgan fingerprint density at radius 3 is 2.45 bits per heavy atom. The molecule has 2 aromatic carbocycles. The molecule has 0 saturated carbocycles. The summed E-state index contributed by atoms with van der Waals surface area (Å²) in [5.74, 6) is 0.928. The molecular formula is C39H48FN7O2. The van der Waals surface area contributed by atoms with Gasteiger partial charge in [-0.25, -0.2) is 14.4 Å². The van der Waals surface area contributed by atoms with E-state index in [9.17, 15) is 0 Å². The maximum atomic E-state index is 15.6. The average Bonchev–Trinajstić information content (AvgIpc) is 3.11. The number of likely N-dealkylation sites (N-methyl/N-ethyl adjacent to an activating group) is 1. The van der Waals surface area contributed by atoms with Crippen LogP contribution in [0.1, 0.15) is 27.2 Å². The molecule has 9 nitrogen and oxygen atoms in total. The van der Waals surface area contributed by atoms with E-state index in [1.807, 2.05) is 74.5 Å². The standard InChI is InChI=1S/C39H48FN7O2/c1-6-8-14-32(23-31(26-41)28(3)42)43-39-34(7-2)37(25-33(48-5)27-49-22-21-47-19-17-46(4)18-20-47)44-38(45-39)30-15-16-35(36(40)24-30)29-12-10-9-11-13-29/h6-13,15-16,23-27,41H,14,17-22,42H2,1-5H3,(H,43,44,45)/b8-6?,31-28-,32-23+,33-27-,34-7+,37-25+,41-26?. The summed E-state index contributed by atoms with van der Waals surface area (Å²) in [4.78, 5) is 14.5. The van der Waals surface area contributed by atoms with Gasteiger partial charge in [0.05, 0.1) is 12.5 Å². The first-order chi connectivity index (χ1) is 23.8. The maximum Gasteiger partial charge on any atom is 0.162 e. The van der Waals surface area contributed by atoms with Crippen molar-refractivity contribution in [3.8, 4) is 22.5 Å². The fourth-order valence-electron chi connectivity index (χ4n) is 5.28. The number of halogens is 1. The van der Waals surface area contributed by atoms with Gasteiger partial charge in [0.25, 0.3) is 0 Å². The highest BCUT2D eigenvalue weighted by atomic mass is 19.1. The van der Waals surface area contributed by atoms with Gasteiger partial charge >= 0.3 is 0 Å². The summed E-state index contributed by atoms with van der Waals surface area (Å²) in [5, 5.41) is 12.6. The molecule has 258 valence electrons. The number of nitrogens with zero attached hydrogens (tertiary/aromatic N) is 4. The smallest absolute Gasteiger partial charge is 0.162 e. The molecule has 0 radical (unpaired) electrons. The molecule has 0 spiro atoms. The van der Waals surface area contributed by atoms with Gasteiger partial charge in [0.2, 0.25) is 0 Å². The topological polar surface area (TPSA) is 113 Å². The molecule has 1 saturated heterocycles. The zero-order valence-electron chi connectivity index (χ0n) is 29.2. The van der Waals surface area contributed by atoms with E-state index in [4.69, 9.17) is 30.6 Å². The number of aromatic nitrogens is 2. The Labute approximate surface area is 289 Å². The molecule has 1 aromatic heterocycles. The second-order valence-corrected chi connectivity index (χ2v) is 11.8. The minimum atomic E-state index is -0.377. The Morgan fingerprint density at radius 1 is 1.06 bits per heavy atom. The Balaban J connectivity index is 1.79. The van der Waals surface area contributed by atoms with Crippen LogP contribution in [0.25, 0.3) is 34.7 Å². The van der Waals surface area contributed by atoms with Crippen molar-refractivity contribution in [2.24, 2.45) is 5.73 Å². The van der Waals surface area contributed by atoms with Crippen LogP contribution in [0.5, 0.6) is 0 Å². The summed E-state index contributed by atoms with van der Waals surface area (Å²) >= 11 is 0. The minimum absolute atomic E-state index is 0.326. The molecule has 1 fully saturated rings. The molecule has 0 bridgehead atoms. The van der Waals surface area contributed by atoms with Crippen LogP contribution in [0.2, 0.25) is 0 Å². The summed E-state index contributed by atoms with van der Waals surface area (Å²) < 4.78 is 27.2. The number of nitrogens with one attached hydrogen (secondary N) is 2. The fourth-order valence-corrected chi connectivity index (χ4v) is 5.28. The van der Waals surface area contributed by atoms with Gasteiger partial charge in [-0.05, 0) is 45.5 Å². The van der Waals surface area contributed by atoms with Crippen LogP contribution in [0.4, 0.5) is 10.2 Å². The Hall–Kier alpha value is -5.06. The Kier molecular flexibility index (Phi) is 13.9. The van der Waals surface area contributed by atoms with E-state index in [-0.39, 0.29) is 5.82 Å². The van der Waals surface area contributed by atoms with Crippen LogP contribution in [-0.4, -0.2) is 79.5 Å². The summed E-state index contributed by atoms with van der Waals surface area (Å²) in [6, 6.07) is 14.4. The molecule has 2 heterocycles. The third kappa shape index (κ3) is 10.5. The number of allylic oxidation sites excluding steroid dienone is 6. The number of ether oxygens (including phenoxy) is 2. The van der Waals surface area contributed by atoms with E-state index in [0.717, 1.165) is 44.0 Å². The highest BCUT2D eigenvalue weighted by molar-refractivity contribution is 5.81. The second-order valence-electron chi connectivity index (χ2n) is 11.8. The molecule has 0 unspecified atom stereocenters. The zero-order valence-corrected chi connectivity index (χ0v) is 29.2. The van der Waals surface area contributed by atoms with Gasteiger partial charge in [-0.15, -0.1) is 0 Å². The molecule has 1 aliphatic rings. The number of hydrogen-bond acceptors (Lipinski definition) is 9. The van der Waals surface area contributed by atoms with Crippen molar-refractivity contribution in [3.63, 3.8) is 0 Å². The van der Waals surface area contributed by atoms with Crippen molar-refractivity contribution < 1.29 is 13.9 Å². The summed E-state index contributed by atoms with van der Waals surface area (Å²) in [7, 11) is 3.72. The Bertz CT molecular complexity index is 1820. The summed E-state index contributed by atoms with van der Waals surface area (Å²) in [5.41, 5.74) is 9.71. The first kappa shape index (κ1) is 36.8. The highest BCUT2D eigenvalue weighted by Gasteiger charge is 2.14. The molecular weight excluding hydrogens is 617 g/mol. The van der Waals surface area contributed by atoms with Crippen LogP contribution >= 0.6 is 0 Å². The summed E-state index contributed by atoms with van der Waals surface area (Å²) in [6.07, 6.45) is 12.8. The lowest BCUT2D eigenvalue weighted by molar-refractivity contribution is 0.118. The van der Waals surface area contributed by atoms with E-state index in [0.29, 0.717) is 63.4 Å². The van der Waals surface area contributed by atoms with Crippen LogP contribution in [0.15, 0.2) is 95.7 Å². The van der Waals surface area contributed by atoms with Crippen molar-refractivity contribution in [2.45, 2.75) is 27.2 Å². The fraction of sp³-hybridized carbons (Fsp3) is 0.308. The molecule has 49 heavy (non-hydrogen) atoms. The van der Waals surface area contributed by atoms with Crippen LogP contribution in [0, 0.1) is 11.2 Å². The Morgan fingerprint density at radius 2 is 1.82 bits per heavy atom. The van der Waals surface area contributed by atoms with Crippen LogP contribution < -0.4 is 21.6 Å². The van der Waals surface area contributed by atoms with E-state index in [1.54, 1.807) is 32.4 Å². The van der Waals surface area contributed by atoms with E-state index in [1.165, 1.54) is 12.3 Å². The first-order valence-corrected chi connectivity index (χ1v) is 16.5. The molecule has 3 aromatic rings. The summed E-state index contributed by atoms with van der Waals surface area (Å²) in [6.45, 7) is 11.1. The van der Waals surface area contributed by atoms with E-state index >= 15 is 4.39 Å². The second kappa shape index (κ2) is 18.5. The number of nitrogens with two attached hydrogens (primary N) is 1. The zero-order chi connectivity index (χ0) is 35.2. The number of methoxy groups -OCH3 is 1. The molecule has 0 aliphatic carbocycles. The number of piperazine rings is 1. The van der Waals surface area contributed by atoms with Crippen LogP contribution in [-0.2, 0) is 9.47 Å². The number of benzene rings is 2. The van der Waals surface area contributed by atoms with Crippen molar-refractivity contribution >= 4 is 24.2 Å². The molecule has 1 aliphatic heterocycles. The number of anilines is 1. The molecule has 0 amide bonds. The lowest BCUT2D eigenvalue weighted by Crippen LogP contribution is -2.45. The quantitative estimate of drug-likeness (QED) is 0.0688. The maximum absolute atomic E-state index is 15.6. The third-order valence-corrected chi connectivity index (χ3v) is 8.20. The van der Waals surface area contributed by atoms with Gasteiger partial charge < -0.3 is 30.8 Å².